The van der Waals surface area contributed by atoms with Crippen molar-refractivity contribution in [3.05, 3.63) is 35.9 Å². The molecule has 1 aliphatic heterocycles. The van der Waals surface area contributed by atoms with Crippen LogP contribution in [-0.2, 0) is 35.0 Å². The molecule has 0 aromatic heterocycles. The molecule has 1 aliphatic carbocycles. The van der Waals surface area contributed by atoms with Crippen LogP contribution >= 0.6 is 0 Å². The molecule has 1 saturated carbocycles. The number of benzene rings is 1. The van der Waals surface area contributed by atoms with Gasteiger partial charge in [0.2, 0.25) is 0 Å². The average molecular weight is 489 g/mol. The molecule has 1 spiro atoms. The smallest absolute Gasteiger partial charge is 0.323 e. The molecule has 3 atom stereocenters. The highest BCUT2D eigenvalue weighted by Crippen LogP contribution is 2.57. The van der Waals surface area contributed by atoms with Crippen LogP contribution in [0.3, 0.4) is 0 Å². The molecule has 3 unspecified atom stereocenters. The largest absolute Gasteiger partial charge is 0.465 e. The van der Waals surface area contributed by atoms with Crippen molar-refractivity contribution in [1.29, 1.82) is 0 Å². The first kappa shape index (κ1) is 27.7. The van der Waals surface area contributed by atoms with E-state index in [4.69, 9.17) is 18.9 Å². The Hall–Kier alpha value is -1.92. The summed E-state index contributed by atoms with van der Waals surface area (Å²) in [7, 11) is 0. The van der Waals surface area contributed by atoms with E-state index in [-0.39, 0.29) is 55.0 Å². The summed E-state index contributed by atoms with van der Waals surface area (Å²) < 4.78 is 24.7. The average Bonchev–Trinajstić information content (AvgIpc) is 3.07. The Labute approximate surface area is 211 Å². The predicted molar refractivity (Wildman–Crippen MR) is 135 cm³/mol. The van der Waals surface area contributed by atoms with Crippen LogP contribution in [0, 0.1) is 22.2 Å². The zero-order valence-electron chi connectivity index (χ0n) is 22.8. The number of ether oxygens (including phenoxy) is 4. The van der Waals surface area contributed by atoms with Gasteiger partial charge in [0.1, 0.15) is 0 Å². The summed E-state index contributed by atoms with van der Waals surface area (Å²) in [5.74, 6) is -2.44. The summed E-state index contributed by atoms with van der Waals surface area (Å²) >= 11 is 0. The molecule has 1 aromatic rings. The summed E-state index contributed by atoms with van der Waals surface area (Å²) in [6, 6.07) is 10.1. The van der Waals surface area contributed by atoms with E-state index in [2.05, 4.69) is 53.7 Å². The molecule has 2 fully saturated rings. The van der Waals surface area contributed by atoms with Gasteiger partial charge >= 0.3 is 11.9 Å². The third-order valence-corrected chi connectivity index (χ3v) is 7.47. The highest BCUT2D eigenvalue weighted by atomic mass is 16.7. The van der Waals surface area contributed by atoms with Gasteiger partial charge in [-0.3, -0.25) is 9.59 Å². The molecule has 1 saturated heterocycles. The minimum Gasteiger partial charge on any atom is -0.465 e. The Balaban J connectivity index is 2.14. The van der Waals surface area contributed by atoms with Crippen LogP contribution in [0.2, 0.25) is 0 Å². The van der Waals surface area contributed by atoms with Crippen LogP contribution in [0.25, 0.3) is 0 Å². The maximum absolute atomic E-state index is 13.4. The minimum atomic E-state index is -1.46. The quantitative estimate of drug-likeness (QED) is 0.377. The SMILES string of the molecule is CCOC(=O)C1(C(=O)OCC)CC(Cc2ccccc2)C2(C1)OC(C(C)(C)C)CC(C(C)(C)C)O2. The molecule has 3 rings (SSSR count). The van der Waals surface area contributed by atoms with Crippen molar-refractivity contribution in [2.45, 2.75) is 99.1 Å². The molecule has 1 heterocycles. The Morgan fingerprint density at radius 1 is 0.886 bits per heavy atom. The Morgan fingerprint density at radius 2 is 1.37 bits per heavy atom. The molecule has 6 heteroatoms. The molecule has 0 radical (unpaired) electrons. The first-order chi connectivity index (χ1) is 16.3. The van der Waals surface area contributed by atoms with E-state index in [9.17, 15) is 9.59 Å². The highest BCUT2D eigenvalue weighted by molar-refractivity contribution is 6.00. The zero-order valence-corrected chi connectivity index (χ0v) is 22.8. The molecule has 1 aromatic carbocycles. The number of rotatable bonds is 6. The summed E-state index contributed by atoms with van der Waals surface area (Å²) in [6.45, 7) is 16.9. The van der Waals surface area contributed by atoms with E-state index in [0.29, 0.717) is 6.42 Å². The molecule has 196 valence electrons. The van der Waals surface area contributed by atoms with Gasteiger partial charge in [0.05, 0.1) is 25.4 Å². The van der Waals surface area contributed by atoms with Gasteiger partial charge in [-0.15, -0.1) is 0 Å². The van der Waals surface area contributed by atoms with E-state index in [1.807, 2.05) is 18.2 Å². The van der Waals surface area contributed by atoms with E-state index >= 15 is 0 Å². The van der Waals surface area contributed by atoms with Gasteiger partial charge in [0.25, 0.3) is 0 Å². The lowest BCUT2D eigenvalue weighted by molar-refractivity contribution is -0.359. The molecule has 0 amide bonds. The van der Waals surface area contributed by atoms with Gasteiger partial charge in [-0.25, -0.2) is 0 Å². The molecule has 0 N–H and O–H groups in total. The second-order valence-electron chi connectivity index (χ2n) is 12.3. The number of hydrogen-bond donors (Lipinski definition) is 0. The van der Waals surface area contributed by atoms with Gasteiger partial charge in [-0.05, 0) is 43.1 Å². The van der Waals surface area contributed by atoms with Gasteiger partial charge in [-0.1, -0.05) is 71.9 Å². The molecule has 35 heavy (non-hydrogen) atoms. The van der Waals surface area contributed by atoms with Crippen LogP contribution in [0.4, 0.5) is 0 Å². The Morgan fingerprint density at radius 3 is 1.80 bits per heavy atom. The lowest BCUT2D eigenvalue weighted by Crippen LogP contribution is -2.57. The fourth-order valence-electron chi connectivity index (χ4n) is 5.41. The maximum Gasteiger partial charge on any atom is 0.323 e. The van der Waals surface area contributed by atoms with Crippen molar-refractivity contribution in [2.75, 3.05) is 13.2 Å². The Kier molecular flexibility index (Phi) is 8.07. The molecular weight excluding hydrogens is 444 g/mol. The van der Waals surface area contributed by atoms with Gasteiger partial charge in [-0.2, -0.15) is 0 Å². The van der Waals surface area contributed by atoms with Crippen molar-refractivity contribution in [2.24, 2.45) is 22.2 Å². The van der Waals surface area contributed by atoms with Crippen molar-refractivity contribution < 1.29 is 28.5 Å². The fraction of sp³-hybridized carbons (Fsp3) is 0.724. The minimum absolute atomic E-state index is 0.0916. The second kappa shape index (κ2) is 10.2. The number of hydrogen-bond acceptors (Lipinski definition) is 6. The highest BCUT2D eigenvalue weighted by Gasteiger charge is 2.67. The molecule has 0 bridgehead atoms. The number of carbonyl (C=O) groups is 2. The lowest BCUT2D eigenvalue weighted by Gasteiger charge is -2.52. The van der Waals surface area contributed by atoms with Crippen LogP contribution in [0.5, 0.6) is 0 Å². The molecular formula is C29H44O6. The van der Waals surface area contributed by atoms with Crippen LogP contribution in [-0.4, -0.2) is 43.1 Å². The second-order valence-corrected chi connectivity index (χ2v) is 12.3. The zero-order chi connectivity index (χ0) is 26.1. The van der Waals surface area contributed by atoms with E-state index in [1.54, 1.807) is 13.8 Å². The summed E-state index contributed by atoms with van der Waals surface area (Å²) in [4.78, 5) is 26.9. The normalized spacial score (nSPS) is 28.6. The van der Waals surface area contributed by atoms with Gasteiger partial charge in [0, 0.05) is 18.8 Å². The van der Waals surface area contributed by atoms with Crippen molar-refractivity contribution in [3.8, 4) is 0 Å². The number of esters is 2. The first-order valence-electron chi connectivity index (χ1n) is 13.0. The van der Waals surface area contributed by atoms with Crippen molar-refractivity contribution >= 4 is 11.9 Å². The van der Waals surface area contributed by atoms with Gasteiger partial charge in [0.15, 0.2) is 11.2 Å². The summed E-state index contributed by atoms with van der Waals surface area (Å²) in [6.07, 6.45) is 1.52. The summed E-state index contributed by atoms with van der Waals surface area (Å²) in [5.41, 5.74) is -0.640. The molecule has 6 nitrogen and oxygen atoms in total. The Bertz CT molecular complexity index is 839. The van der Waals surface area contributed by atoms with Crippen LogP contribution < -0.4 is 0 Å². The maximum atomic E-state index is 13.4. The third kappa shape index (κ3) is 5.75. The van der Waals surface area contributed by atoms with Gasteiger partial charge < -0.3 is 18.9 Å². The number of carbonyl (C=O) groups excluding carboxylic acids is 2. The topological polar surface area (TPSA) is 71.1 Å². The van der Waals surface area contributed by atoms with Crippen molar-refractivity contribution in [3.63, 3.8) is 0 Å². The first-order valence-corrected chi connectivity index (χ1v) is 13.0. The van der Waals surface area contributed by atoms with Crippen LogP contribution in [0.1, 0.15) is 80.2 Å². The monoisotopic (exact) mass is 488 g/mol. The van der Waals surface area contributed by atoms with E-state index < -0.39 is 23.1 Å². The summed E-state index contributed by atoms with van der Waals surface area (Å²) in [5, 5.41) is 0. The lowest BCUT2D eigenvalue weighted by atomic mass is 9.77. The van der Waals surface area contributed by atoms with E-state index in [0.717, 1.165) is 12.0 Å². The molecule has 2 aliphatic rings. The van der Waals surface area contributed by atoms with Crippen LogP contribution in [0.15, 0.2) is 30.3 Å². The standard InChI is InChI=1S/C29H44O6/c1-9-32-24(30)28(25(31)33-10-2)18-21(16-20-14-12-11-13-15-20)29(19-28)34-22(26(3,4)5)17-23(35-29)27(6,7)8/h11-15,21-23H,9-10,16-19H2,1-8H3. The predicted octanol–water partition coefficient (Wildman–Crippen LogP) is 5.71. The van der Waals surface area contributed by atoms with Crippen molar-refractivity contribution in [1.82, 2.24) is 0 Å². The van der Waals surface area contributed by atoms with E-state index in [1.165, 1.54) is 0 Å². The fourth-order valence-corrected chi connectivity index (χ4v) is 5.41. The third-order valence-electron chi connectivity index (χ3n) is 7.47.